The lowest BCUT2D eigenvalue weighted by Gasteiger charge is -2.24. The minimum absolute atomic E-state index is 0.0315. The highest BCUT2D eigenvalue weighted by Gasteiger charge is 2.18. The van der Waals surface area contributed by atoms with Crippen LogP contribution in [0.5, 0.6) is 0 Å². The van der Waals surface area contributed by atoms with Crippen LogP contribution in [0.25, 0.3) is 11.4 Å². The summed E-state index contributed by atoms with van der Waals surface area (Å²) in [6.07, 6.45) is 1.57. The van der Waals surface area contributed by atoms with E-state index in [0.717, 1.165) is 5.56 Å². The van der Waals surface area contributed by atoms with Crippen molar-refractivity contribution in [1.29, 1.82) is 0 Å². The van der Waals surface area contributed by atoms with E-state index in [9.17, 15) is 14.9 Å². The van der Waals surface area contributed by atoms with Crippen molar-refractivity contribution in [2.45, 2.75) is 33.1 Å². The summed E-state index contributed by atoms with van der Waals surface area (Å²) < 4.78 is 5.31. The van der Waals surface area contributed by atoms with Gasteiger partial charge in [0.1, 0.15) is 0 Å². The molecule has 3 aromatic rings. The van der Waals surface area contributed by atoms with Gasteiger partial charge in [-0.25, -0.2) is 0 Å². The molecule has 2 aromatic carbocycles. The number of hydrogen-bond donors (Lipinski definition) is 0. The molecule has 0 aliphatic carbocycles. The van der Waals surface area contributed by atoms with Crippen LogP contribution in [0.15, 0.2) is 59.1 Å². The van der Waals surface area contributed by atoms with Gasteiger partial charge < -0.3 is 9.42 Å². The number of carbonyl (C=O) groups excluding carboxylic acids is 1. The molecule has 0 aliphatic heterocycles. The molecule has 162 valence electrons. The van der Waals surface area contributed by atoms with Crippen molar-refractivity contribution in [2.75, 3.05) is 13.1 Å². The number of aryl methyl sites for hydroxylation is 1. The largest absolute Gasteiger partial charge is 0.342 e. The van der Waals surface area contributed by atoms with Crippen LogP contribution in [0.1, 0.15) is 31.7 Å². The molecule has 0 bridgehead atoms. The number of nitro benzene ring substituents is 1. The minimum atomic E-state index is -0.463. The maximum atomic E-state index is 12.8. The lowest BCUT2D eigenvalue weighted by Crippen LogP contribution is -2.36. The molecular formula is C23H26N4O4. The minimum Gasteiger partial charge on any atom is -0.342 e. The number of amides is 1. The second kappa shape index (κ2) is 10.5. The number of non-ortho nitro benzene ring substituents is 1. The van der Waals surface area contributed by atoms with Gasteiger partial charge in [-0.1, -0.05) is 61.5 Å². The molecule has 3 rings (SSSR count). The van der Waals surface area contributed by atoms with E-state index in [-0.39, 0.29) is 11.6 Å². The SMILES string of the molecule is CC(C)CN(CCc1nc(-c2cccc([N+](=O)[O-])c2)no1)C(=O)CCc1ccccc1. The van der Waals surface area contributed by atoms with Crippen molar-refractivity contribution in [3.63, 3.8) is 0 Å². The Balaban J connectivity index is 1.62. The monoisotopic (exact) mass is 422 g/mol. The Kier molecular flexibility index (Phi) is 7.48. The van der Waals surface area contributed by atoms with Crippen LogP contribution in [0.2, 0.25) is 0 Å². The molecular weight excluding hydrogens is 396 g/mol. The molecule has 0 spiro atoms. The Labute approximate surface area is 181 Å². The molecule has 0 fully saturated rings. The first-order valence-corrected chi connectivity index (χ1v) is 10.3. The molecule has 1 aromatic heterocycles. The molecule has 1 heterocycles. The summed E-state index contributed by atoms with van der Waals surface area (Å²) in [6.45, 7) is 5.27. The number of aromatic nitrogens is 2. The number of rotatable bonds is 10. The molecule has 1 amide bonds. The van der Waals surface area contributed by atoms with E-state index in [0.29, 0.717) is 55.5 Å². The number of nitrogens with zero attached hydrogens (tertiary/aromatic N) is 4. The third kappa shape index (κ3) is 6.47. The van der Waals surface area contributed by atoms with Gasteiger partial charge >= 0.3 is 0 Å². The molecule has 0 N–H and O–H groups in total. The van der Waals surface area contributed by atoms with Gasteiger partial charge in [0.15, 0.2) is 0 Å². The number of nitro groups is 1. The highest BCUT2D eigenvalue weighted by Crippen LogP contribution is 2.21. The third-order valence-corrected chi connectivity index (χ3v) is 4.79. The van der Waals surface area contributed by atoms with Crippen molar-refractivity contribution < 1.29 is 14.2 Å². The lowest BCUT2D eigenvalue weighted by atomic mass is 10.1. The van der Waals surface area contributed by atoms with E-state index >= 15 is 0 Å². The molecule has 8 heteroatoms. The summed E-state index contributed by atoms with van der Waals surface area (Å²) in [7, 11) is 0. The van der Waals surface area contributed by atoms with Crippen LogP contribution in [-0.2, 0) is 17.6 Å². The topological polar surface area (TPSA) is 102 Å². The molecule has 0 radical (unpaired) electrons. The van der Waals surface area contributed by atoms with Crippen LogP contribution < -0.4 is 0 Å². The Morgan fingerprint density at radius 1 is 1.13 bits per heavy atom. The molecule has 8 nitrogen and oxygen atoms in total. The predicted molar refractivity (Wildman–Crippen MR) is 116 cm³/mol. The molecule has 0 unspecified atom stereocenters. The molecule has 0 atom stereocenters. The van der Waals surface area contributed by atoms with Crippen LogP contribution in [0.4, 0.5) is 5.69 Å². The fraction of sp³-hybridized carbons (Fsp3) is 0.348. The second-order valence-corrected chi connectivity index (χ2v) is 7.79. The maximum Gasteiger partial charge on any atom is 0.270 e. The Hall–Kier alpha value is -3.55. The van der Waals surface area contributed by atoms with E-state index in [1.165, 1.54) is 12.1 Å². The average Bonchev–Trinajstić information content (AvgIpc) is 3.24. The second-order valence-electron chi connectivity index (χ2n) is 7.79. The van der Waals surface area contributed by atoms with E-state index in [2.05, 4.69) is 24.0 Å². The fourth-order valence-electron chi connectivity index (χ4n) is 3.28. The van der Waals surface area contributed by atoms with Gasteiger partial charge in [-0.15, -0.1) is 0 Å². The van der Waals surface area contributed by atoms with Crippen molar-refractivity contribution >= 4 is 11.6 Å². The Morgan fingerprint density at radius 3 is 2.61 bits per heavy atom. The van der Waals surface area contributed by atoms with Crippen molar-refractivity contribution in [3.8, 4) is 11.4 Å². The summed E-state index contributed by atoms with van der Waals surface area (Å²) in [6, 6.07) is 16.0. The summed E-state index contributed by atoms with van der Waals surface area (Å²) in [5, 5.41) is 14.9. The van der Waals surface area contributed by atoms with Gasteiger partial charge in [0.05, 0.1) is 4.92 Å². The summed E-state index contributed by atoms with van der Waals surface area (Å²) in [5.41, 5.74) is 1.62. The van der Waals surface area contributed by atoms with Crippen LogP contribution in [-0.4, -0.2) is 39.0 Å². The lowest BCUT2D eigenvalue weighted by molar-refractivity contribution is -0.384. The first-order chi connectivity index (χ1) is 14.9. The zero-order valence-electron chi connectivity index (χ0n) is 17.7. The van der Waals surface area contributed by atoms with Gasteiger partial charge in [0, 0.05) is 43.6 Å². The average molecular weight is 422 g/mol. The van der Waals surface area contributed by atoms with E-state index < -0.39 is 4.92 Å². The summed E-state index contributed by atoms with van der Waals surface area (Å²) in [5.74, 6) is 1.12. The summed E-state index contributed by atoms with van der Waals surface area (Å²) >= 11 is 0. The number of benzene rings is 2. The zero-order valence-corrected chi connectivity index (χ0v) is 17.7. The third-order valence-electron chi connectivity index (χ3n) is 4.79. The van der Waals surface area contributed by atoms with E-state index in [1.807, 2.05) is 35.2 Å². The standard InChI is InChI=1S/C23H26N4O4/c1-17(2)16-26(22(28)12-11-18-7-4-3-5-8-18)14-13-21-24-23(25-31-21)19-9-6-10-20(15-19)27(29)30/h3-10,15,17H,11-14,16H2,1-2H3. The zero-order chi connectivity index (χ0) is 22.2. The molecule has 0 saturated heterocycles. The van der Waals surface area contributed by atoms with Crippen molar-refractivity contribution in [2.24, 2.45) is 5.92 Å². The van der Waals surface area contributed by atoms with E-state index in [4.69, 9.17) is 4.52 Å². The van der Waals surface area contributed by atoms with E-state index in [1.54, 1.807) is 12.1 Å². The highest BCUT2D eigenvalue weighted by molar-refractivity contribution is 5.76. The van der Waals surface area contributed by atoms with Crippen molar-refractivity contribution in [1.82, 2.24) is 15.0 Å². The smallest absolute Gasteiger partial charge is 0.270 e. The first kappa shape index (κ1) is 22.1. The number of carbonyl (C=O) groups is 1. The molecule has 31 heavy (non-hydrogen) atoms. The molecule has 0 aliphatic rings. The van der Waals surface area contributed by atoms with Gasteiger partial charge in [0.25, 0.3) is 5.69 Å². The maximum absolute atomic E-state index is 12.8. The normalized spacial score (nSPS) is 10.9. The molecule has 0 saturated carbocycles. The van der Waals surface area contributed by atoms with Crippen LogP contribution in [0, 0.1) is 16.0 Å². The van der Waals surface area contributed by atoms with Gasteiger partial charge in [-0.05, 0) is 17.9 Å². The number of hydrogen-bond acceptors (Lipinski definition) is 6. The van der Waals surface area contributed by atoms with Gasteiger partial charge in [-0.2, -0.15) is 4.98 Å². The predicted octanol–water partition coefficient (Wildman–Crippen LogP) is 4.30. The quantitative estimate of drug-likeness (QED) is 0.356. The van der Waals surface area contributed by atoms with Gasteiger partial charge in [-0.3, -0.25) is 14.9 Å². The first-order valence-electron chi connectivity index (χ1n) is 10.3. The fourth-order valence-corrected chi connectivity index (χ4v) is 3.28. The van der Waals surface area contributed by atoms with Gasteiger partial charge in [0.2, 0.25) is 17.6 Å². The van der Waals surface area contributed by atoms with Crippen LogP contribution in [0.3, 0.4) is 0 Å². The Morgan fingerprint density at radius 2 is 1.90 bits per heavy atom. The Bertz CT molecular complexity index is 1020. The highest BCUT2D eigenvalue weighted by atomic mass is 16.6. The van der Waals surface area contributed by atoms with Crippen molar-refractivity contribution in [3.05, 3.63) is 76.2 Å². The summed E-state index contributed by atoms with van der Waals surface area (Å²) in [4.78, 5) is 29.5. The van der Waals surface area contributed by atoms with Crippen LogP contribution >= 0.6 is 0 Å².